The number of aryl methyl sites for hydroxylation is 1. The zero-order chi connectivity index (χ0) is 37.0. The minimum atomic E-state index is -0.419. The first-order chi connectivity index (χ1) is 27.7. The minimum absolute atomic E-state index is 0.419. The fourth-order valence-electron chi connectivity index (χ4n) is 10.1. The zero-order valence-electron chi connectivity index (χ0n) is 30.8. The maximum atomic E-state index is 2.51. The van der Waals surface area contributed by atoms with E-state index in [0.717, 1.165) is 11.4 Å². The highest BCUT2D eigenvalue weighted by molar-refractivity contribution is 7.26. The molecule has 0 N–H and O–H groups in total. The molecule has 262 valence electrons. The molecule has 0 bridgehead atoms. The molecule has 0 aliphatic heterocycles. The summed E-state index contributed by atoms with van der Waals surface area (Å²) in [5.41, 5.74) is 17.5. The Bertz CT molecular complexity index is 3140. The summed E-state index contributed by atoms with van der Waals surface area (Å²) >= 11 is 1.92. The van der Waals surface area contributed by atoms with Crippen LogP contribution in [0.25, 0.3) is 64.3 Å². The molecule has 0 amide bonds. The Hall–Kier alpha value is -6.74. The molecule has 0 unspecified atom stereocenters. The van der Waals surface area contributed by atoms with E-state index in [1.165, 1.54) is 97.8 Å². The van der Waals surface area contributed by atoms with E-state index in [1.807, 2.05) is 11.3 Å². The van der Waals surface area contributed by atoms with Gasteiger partial charge in [0, 0.05) is 26.8 Å². The van der Waals surface area contributed by atoms with Gasteiger partial charge in [-0.15, -0.1) is 11.3 Å². The predicted molar refractivity (Wildman–Crippen MR) is 238 cm³/mol. The van der Waals surface area contributed by atoms with Crippen molar-refractivity contribution in [2.75, 3.05) is 4.90 Å². The molecule has 1 heterocycles. The Balaban J connectivity index is 1.14. The average Bonchev–Trinajstić information content (AvgIpc) is 3.90. The molecule has 2 heteroatoms. The second-order valence-corrected chi connectivity index (χ2v) is 16.3. The Labute approximate surface area is 330 Å². The van der Waals surface area contributed by atoms with Crippen LogP contribution in [0.1, 0.15) is 27.8 Å². The van der Waals surface area contributed by atoms with E-state index in [-0.39, 0.29) is 0 Å². The Morgan fingerprint density at radius 3 is 1.66 bits per heavy atom. The third kappa shape index (κ3) is 4.25. The summed E-state index contributed by atoms with van der Waals surface area (Å²) in [6, 6.07) is 72.3. The first-order valence-corrected chi connectivity index (χ1v) is 20.2. The van der Waals surface area contributed by atoms with E-state index in [1.54, 1.807) is 0 Å². The second kappa shape index (κ2) is 11.9. The number of fused-ring (bicyclic) bond motifs is 15. The highest BCUT2D eigenvalue weighted by Gasteiger charge is 2.51. The van der Waals surface area contributed by atoms with Crippen LogP contribution < -0.4 is 4.90 Å². The lowest BCUT2D eigenvalue weighted by molar-refractivity contribution is 0.793. The van der Waals surface area contributed by atoms with Gasteiger partial charge in [0.05, 0.1) is 15.8 Å². The number of nitrogens with zero attached hydrogens (tertiary/aromatic N) is 1. The smallest absolute Gasteiger partial charge is 0.0726 e. The van der Waals surface area contributed by atoms with Crippen LogP contribution in [0, 0.1) is 6.92 Å². The molecule has 1 spiro atoms. The highest BCUT2D eigenvalue weighted by Crippen LogP contribution is 2.63. The summed E-state index contributed by atoms with van der Waals surface area (Å²) < 4.78 is 2.65. The summed E-state index contributed by atoms with van der Waals surface area (Å²) in [6.07, 6.45) is 0. The maximum absolute atomic E-state index is 2.51. The largest absolute Gasteiger partial charge is 0.309 e. The van der Waals surface area contributed by atoms with Crippen LogP contribution in [-0.2, 0) is 5.41 Å². The van der Waals surface area contributed by atoms with Gasteiger partial charge in [0.1, 0.15) is 0 Å². The van der Waals surface area contributed by atoms with Crippen molar-refractivity contribution in [3.05, 3.63) is 222 Å². The van der Waals surface area contributed by atoms with Gasteiger partial charge in [0.15, 0.2) is 0 Å². The summed E-state index contributed by atoms with van der Waals surface area (Å²) in [7, 11) is 0. The van der Waals surface area contributed by atoms with E-state index in [0.29, 0.717) is 0 Å². The Morgan fingerprint density at radius 1 is 0.411 bits per heavy atom. The van der Waals surface area contributed by atoms with E-state index in [9.17, 15) is 0 Å². The summed E-state index contributed by atoms with van der Waals surface area (Å²) in [4.78, 5) is 2.51. The average molecular weight is 730 g/mol. The number of hydrogen-bond donors (Lipinski definition) is 0. The van der Waals surface area contributed by atoms with Gasteiger partial charge in [-0.1, -0.05) is 158 Å². The van der Waals surface area contributed by atoms with Crippen LogP contribution in [-0.4, -0.2) is 0 Å². The molecule has 2 aliphatic carbocycles. The molecule has 0 saturated heterocycles. The van der Waals surface area contributed by atoms with E-state index < -0.39 is 5.41 Å². The summed E-state index contributed by atoms with van der Waals surface area (Å²) in [6.45, 7) is 2.26. The number of anilines is 3. The van der Waals surface area contributed by atoms with Crippen LogP contribution in [0.15, 0.2) is 194 Å². The molecule has 0 radical (unpaired) electrons. The monoisotopic (exact) mass is 729 g/mol. The maximum Gasteiger partial charge on any atom is 0.0726 e. The highest BCUT2D eigenvalue weighted by atomic mass is 32.1. The molecule has 0 atom stereocenters. The number of hydrogen-bond acceptors (Lipinski definition) is 2. The predicted octanol–water partition coefficient (Wildman–Crippen LogP) is 15.0. The molecule has 9 aromatic carbocycles. The van der Waals surface area contributed by atoms with Gasteiger partial charge in [-0.05, 0) is 115 Å². The third-order valence-corrected chi connectivity index (χ3v) is 13.7. The molecule has 0 fully saturated rings. The number of rotatable bonds is 4. The molecule has 10 aromatic rings. The molecular formula is C54H35NS. The first-order valence-electron chi connectivity index (χ1n) is 19.4. The molecule has 1 nitrogen and oxygen atoms in total. The zero-order valence-corrected chi connectivity index (χ0v) is 31.6. The van der Waals surface area contributed by atoms with Gasteiger partial charge in [-0.3, -0.25) is 0 Å². The lowest BCUT2D eigenvalue weighted by Crippen LogP contribution is -2.26. The van der Waals surface area contributed by atoms with Crippen LogP contribution in [0.2, 0.25) is 0 Å². The fourth-order valence-corrected chi connectivity index (χ4v) is 11.3. The minimum Gasteiger partial charge on any atom is -0.309 e. The fraction of sp³-hybridized carbons (Fsp3) is 0.0370. The number of benzene rings is 9. The van der Waals surface area contributed by atoms with Gasteiger partial charge in [0.25, 0.3) is 0 Å². The van der Waals surface area contributed by atoms with Crippen LogP contribution >= 0.6 is 11.3 Å². The Kier molecular flexibility index (Phi) is 6.70. The molecule has 12 rings (SSSR count). The van der Waals surface area contributed by atoms with Gasteiger partial charge < -0.3 is 4.90 Å². The van der Waals surface area contributed by atoms with Crippen LogP contribution in [0.5, 0.6) is 0 Å². The third-order valence-electron chi connectivity index (χ3n) is 12.4. The molecule has 0 saturated carbocycles. The SMILES string of the molecule is Cc1cc2ccccc2c2c1sc1c(N(c3ccc(-c4ccccc4)cc3)c3ccc4c(c3)C3(c5ccccc5-c5ccccc53)c3ccccc3-4)cccc12. The molecule has 56 heavy (non-hydrogen) atoms. The second-order valence-electron chi connectivity index (χ2n) is 15.2. The van der Waals surface area contributed by atoms with Crippen molar-refractivity contribution in [3.63, 3.8) is 0 Å². The lowest BCUT2D eigenvalue weighted by atomic mass is 9.70. The van der Waals surface area contributed by atoms with E-state index in [4.69, 9.17) is 0 Å². The standard InChI is InChI=1S/C54H35NS/c1-34-32-37-16-5-6-17-40(37)51-45-21-13-25-50(53(45)56-52(34)51)55(38-28-26-36(27-29-38)35-14-3-2-4-15-35)39-30-31-44-43-20-9-12-24-48(43)54(49(44)33-39)46-22-10-7-18-41(46)42-19-8-11-23-47(42)54/h2-33H,1H3. The van der Waals surface area contributed by atoms with Crippen molar-refractivity contribution in [3.8, 4) is 33.4 Å². The first kappa shape index (κ1) is 31.6. The van der Waals surface area contributed by atoms with Crippen molar-refractivity contribution in [2.45, 2.75) is 12.3 Å². The molecule has 1 aromatic heterocycles. The van der Waals surface area contributed by atoms with E-state index >= 15 is 0 Å². The Morgan fingerprint density at radius 2 is 0.964 bits per heavy atom. The van der Waals surface area contributed by atoms with Crippen molar-refractivity contribution < 1.29 is 0 Å². The van der Waals surface area contributed by atoms with Crippen molar-refractivity contribution in [2.24, 2.45) is 0 Å². The molecular weight excluding hydrogens is 695 g/mol. The van der Waals surface area contributed by atoms with Crippen molar-refractivity contribution in [1.82, 2.24) is 0 Å². The summed E-state index contributed by atoms with van der Waals surface area (Å²) in [5.74, 6) is 0. The normalized spacial score (nSPS) is 13.2. The van der Waals surface area contributed by atoms with Gasteiger partial charge >= 0.3 is 0 Å². The lowest BCUT2D eigenvalue weighted by Gasteiger charge is -2.32. The van der Waals surface area contributed by atoms with E-state index in [2.05, 4.69) is 206 Å². The molecule has 2 aliphatic rings. The van der Waals surface area contributed by atoms with Gasteiger partial charge in [0.2, 0.25) is 0 Å². The number of thiophene rings is 1. The topological polar surface area (TPSA) is 3.24 Å². The van der Waals surface area contributed by atoms with Gasteiger partial charge in [-0.25, -0.2) is 0 Å². The van der Waals surface area contributed by atoms with Crippen LogP contribution in [0.3, 0.4) is 0 Å². The quantitative estimate of drug-likeness (QED) is 0.174. The van der Waals surface area contributed by atoms with Crippen molar-refractivity contribution in [1.29, 1.82) is 0 Å². The van der Waals surface area contributed by atoms with Gasteiger partial charge in [-0.2, -0.15) is 0 Å². The summed E-state index contributed by atoms with van der Waals surface area (Å²) in [5, 5.41) is 5.25. The van der Waals surface area contributed by atoms with Crippen molar-refractivity contribution >= 4 is 59.3 Å². The van der Waals surface area contributed by atoms with Crippen LogP contribution in [0.4, 0.5) is 17.1 Å².